The Hall–Kier alpha value is -3.04. The molecule has 3 aromatic rings. The first-order valence-electron chi connectivity index (χ1n) is 9.26. The number of nitrogens with one attached hydrogen (secondary N) is 2. The maximum atomic E-state index is 12.2. The lowest BCUT2D eigenvalue weighted by atomic mass is 9.91. The monoisotopic (exact) mass is 386 g/mol. The first kappa shape index (κ1) is 19.7. The van der Waals surface area contributed by atoms with Crippen molar-refractivity contribution in [3.8, 4) is 0 Å². The number of H-pyrrole nitrogens is 2. The van der Waals surface area contributed by atoms with Gasteiger partial charge in [0.25, 0.3) is 0 Å². The number of rotatable bonds is 5. The Morgan fingerprint density at radius 3 is 2.54 bits per heavy atom. The highest BCUT2D eigenvalue weighted by atomic mass is 16.5. The lowest BCUT2D eigenvalue weighted by Gasteiger charge is -2.15. The van der Waals surface area contributed by atoms with Crippen molar-refractivity contribution in [3.05, 3.63) is 22.8 Å². The lowest BCUT2D eigenvalue weighted by molar-refractivity contribution is 0.0526. The van der Waals surface area contributed by atoms with E-state index in [1.54, 1.807) is 18.4 Å². The average molecular weight is 386 g/mol. The number of hydrogen-bond acceptors (Lipinski definition) is 7. The number of carbonyl (C=O) groups excluding carboxylic acids is 1. The normalized spacial score (nSPS) is 12.6. The van der Waals surface area contributed by atoms with Crippen molar-refractivity contribution in [2.75, 3.05) is 6.61 Å². The number of hydrogen-bond donors (Lipinski definition) is 2. The molecular formula is C18H26N8O2. The summed E-state index contributed by atoms with van der Waals surface area (Å²) in [7, 11) is 0. The molecule has 2 N–H and O–H groups in total. The molecule has 0 aliphatic rings. The van der Waals surface area contributed by atoms with Crippen LogP contribution >= 0.6 is 0 Å². The van der Waals surface area contributed by atoms with Crippen LogP contribution in [0.2, 0.25) is 0 Å². The van der Waals surface area contributed by atoms with Gasteiger partial charge in [0.2, 0.25) is 0 Å². The van der Waals surface area contributed by atoms with Crippen molar-refractivity contribution in [3.63, 3.8) is 0 Å². The van der Waals surface area contributed by atoms with Gasteiger partial charge in [-0.1, -0.05) is 34.6 Å². The second-order valence-corrected chi connectivity index (χ2v) is 7.90. The van der Waals surface area contributed by atoms with Crippen LogP contribution in [0, 0.1) is 6.92 Å². The quantitative estimate of drug-likeness (QED) is 0.504. The van der Waals surface area contributed by atoms with E-state index in [0.717, 1.165) is 11.5 Å². The molecule has 0 aliphatic heterocycles. The molecule has 0 fully saturated rings. The maximum absolute atomic E-state index is 12.2. The summed E-state index contributed by atoms with van der Waals surface area (Å²) in [6.45, 7) is 14.0. The van der Waals surface area contributed by atoms with Gasteiger partial charge < -0.3 is 4.74 Å². The van der Waals surface area contributed by atoms with E-state index in [4.69, 9.17) is 9.84 Å². The molecule has 150 valence electrons. The highest BCUT2D eigenvalue weighted by Crippen LogP contribution is 2.36. The fourth-order valence-electron chi connectivity index (χ4n) is 2.85. The molecule has 0 aromatic carbocycles. The summed E-state index contributed by atoms with van der Waals surface area (Å²) in [5.74, 6) is 0.768. The van der Waals surface area contributed by atoms with Gasteiger partial charge in [-0.15, -0.1) is 10.2 Å². The average Bonchev–Trinajstić information content (AvgIpc) is 3.25. The van der Waals surface area contributed by atoms with Crippen LogP contribution in [-0.4, -0.2) is 42.6 Å². The molecule has 0 amide bonds. The zero-order valence-corrected chi connectivity index (χ0v) is 17.3. The molecule has 0 atom stereocenters. The Morgan fingerprint density at radius 1 is 1.21 bits per heavy atom. The van der Waals surface area contributed by atoms with Gasteiger partial charge in [-0.2, -0.15) is 19.8 Å². The SMILES string of the molecule is CCOC(=O)c1c(C)n[nH]c1N=Nc1c(C(C)(C)C)nn2c(C(C)C)n[nH]c12. The van der Waals surface area contributed by atoms with E-state index in [1.807, 2.05) is 13.8 Å². The van der Waals surface area contributed by atoms with Crippen molar-refractivity contribution < 1.29 is 9.53 Å². The van der Waals surface area contributed by atoms with Gasteiger partial charge in [0.1, 0.15) is 5.56 Å². The topological polar surface area (TPSA) is 126 Å². The number of azo groups is 1. The molecule has 28 heavy (non-hydrogen) atoms. The van der Waals surface area contributed by atoms with Crippen molar-refractivity contribution >= 4 is 23.1 Å². The standard InChI is InChI=1S/C18H26N8O2/c1-8-28-17(27)11-10(4)19-21-14(11)22-20-12-13(18(5,6)7)25-26-15(9(2)3)23-24-16(12)26/h9,24H,8H2,1-7H3,(H,19,21). The summed E-state index contributed by atoms with van der Waals surface area (Å²) in [6.07, 6.45) is 0. The number of aromatic amines is 2. The van der Waals surface area contributed by atoms with E-state index in [1.165, 1.54) is 0 Å². The van der Waals surface area contributed by atoms with Crippen molar-refractivity contribution in [2.45, 2.75) is 59.8 Å². The molecule has 0 saturated carbocycles. The van der Waals surface area contributed by atoms with Crippen LogP contribution in [0.1, 0.15) is 75.0 Å². The van der Waals surface area contributed by atoms with Crippen LogP contribution in [0.15, 0.2) is 10.2 Å². The summed E-state index contributed by atoms with van der Waals surface area (Å²) < 4.78 is 6.86. The highest BCUT2D eigenvalue weighted by Gasteiger charge is 2.28. The summed E-state index contributed by atoms with van der Waals surface area (Å²) in [5, 5.41) is 27.5. The first-order valence-corrected chi connectivity index (χ1v) is 9.26. The summed E-state index contributed by atoms with van der Waals surface area (Å²) in [4.78, 5) is 12.2. The summed E-state index contributed by atoms with van der Waals surface area (Å²) in [5.41, 5.74) is 2.54. The fraction of sp³-hybridized carbons (Fsp3) is 0.556. The van der Waals surface area contributed by atoms with E-state index in [-0.39, 0.29) is 29.3 Å². The van der Waals surface area contributed by atoms with Gasteiger partial charge in [0, 0.05) is 11.3 Å². The third-order valence-electron chi connectivity index (χ3n) is 4.24. The molecule has 0 radical (unpaired) electrons. The van der Waals surface area contributed by atoms with Crippen molar-refractivity contribution in [2.24, 2.45) is 10.2 Å². The smallest absolute Gasteiger partial charge is 0.343 e. The largest absolute Gasteiger partial charge is 0.462 e. The second-order valence-electron chi connectivity index (χ2n) is 7.90. The Kier molecular flexibility index (Phi) is 5.05. The molecule has 3 heterocycles. The Morgan fingerprint density at radius 2 is 1.93 bits per heavy atom. The number of esters is 1. The highest BCUT2D eigenvalue weighted by molar-refractivity contribution is 5.95. The molecule has 0 saturated heterocycles. The van der Waals surface area contributed by atoms with Gasteiger partial charge in [0.15, 0.2) is 23.0 Å². The Balaban J connectivity index is 2.11. The molecule has 0 aliphatic carbocycles. The summed E-state index contributed by atoms with van der Waals surface area (Å²) in [6, 6.07) is 0. The van der Waals surface area contributed by atoms with Gasteiger partial charge >= 0.3 is 5.97 Å². The molecular weight excluding hydrogens is 360 g/mol. The van der Waals surface area contributed by atoms with Crippen LogP contribution in [0.5, 0.6) is 0 Å². The Labute approximate surface area is 162 Å². The predicted molar refractivity (Wildman–Crippen MR) is 104 cm³/mol. The Bertz CT molecular complexity index is 1030. The van der Waals surface area contributed by atoms with E-state index in [9.17, 15) is 4.79 Å². The van der Waals surface area contributed by atoms with Crippen LogP contribution in [0.25, 0.3) is 5.65 Å². The predicted octanol–water partition coefficient (Wildman–Crippen LogP) is 4.10. The van der Waals surface area contributed by atoms with E-state index in [0.29, 0.717) is 17.0 Å². The molecule has 10 nitrogen and oxygen atoms in total. The third-order valence-corrected chi connectivity index (χ3v) is 4.24. The van der Waals surface area contributed by atoms with Gasteiger partial charge in [-0.05, 0) is 13.8 Å². The minimum absolute atomic E-state index is 0.192. The van der Waals surface area contributed by atoms with Crippen LogP contribution in [-0.2, 0) is 10.2 Å². The van der Waals surface area contributed by atoms with Crippen LogP contribution in [0.3, 0.4) is 0 Å². The molecule has 0 bridgehead atoms. The zero-order chi connectivity index (χ0) is 20.6. The van der Waals surface area contributed by atoms with E-state index >= 15 is 0 Å². The number of carbonyl (C=O) groups is 1. The second kappa shape index (κ2) is 7.17. The van der Waals surface area contributed by atoms with E-state index < -0.39 is 5.97 Å². The van der Waals surface area contributed by atoms with Crippen molar-refractivity contribution in [1.29, 1.82) is 0 Å². The first-order chi connectivity index (χ1) is 13.1. The third kappa shape index (κ3) is 3.41. The molecule has 3 aromatic heterocycles. The fourth-order valence-corrected chi connectivity index (χ4v) is 2.85. The van der Waals surface area contributed by atoms with Gasteiger partial charge in [-0.25, -0.2) is 4.79 Å². The maximum Gasteiger partial charge on any atom is 0.343 e. The van der Waals surface area contributed by atoms with Gasteiger partial charge in [0.05, 0.1) is 18.0 Å². The molecule has 0 spiro atoms. The number of fused-ring (bicyclic) bond motifs is 1. The number of nitrogens with zero attached hydrogens (tertiary/aromatic N) is 6. The zero-order valence-electron chi connectivity index (χ0n) is 17.3. The van der Waals surface area contributed by atoms with Gasteiger partial charge in [-0.3, -0.25) is 10.2 Å². The lowest BCUT2D eigenvalue weighted by Crippen LogP contribution is -2.13. The van der Waals surface area contributed by atoms with E-state index in [2.05, 4.69) is 51.4 Å². The number of aryl methyl sites for hydroxylation is 1. The molecule has 3 rings (SSSR count). The number of ether oxygens (including phenoxy) is 1. The molecule has 0 unspecified atom stereocenters. The minimum Gasteiger partial charge on any atom is -0.462 e. The minimum atomic E-state index is -0.484. The van der Waals surface area contributed by atoms with Crippen LogP contribution in [0.4, 0.5) is 11.5 Å². The molecule has 10 heteroatoms. The summed E-state index contributed by atoms with van der Waals surface area (Å²) >= 11 is 0. The number of aromatic nitrogens is 6. The van der Waals surface area contributed by atoms with Crippen LogP contribution < -0.4 is 0 Å². The van der Waals surface area contributed by atoms with Crippen molar-refractivity contribution in [1.82, 2.24) is 30.0 Å².